The Hall–Kier alpha value is -2.25. The maximum Gasteiger partial charge on any atom is 0.161 e. The van der Waals surface area contributed by atoms with Crippen LogP contribution in [0.5, 0.6) is 11.5 Å². The number of benzene rings is 2. The average Bonchev–Trinajstić information content (AvgIpc) is 2.82. The second-order valence-electron chi connectivity index (χ2n) is 6.74. The lowest BCUT2D eigenvalue weighted by Crippen LogP contribution is -2.33. The molecule has 0 amide bonds. The minimum absolute atomic E-state index is 0.458. The van der Waals surface area contributed by atoms with Crippen molar-refractivity contribution in [2.24, 2.45) is 7.05 Å². The Labute approximate surface area is 166 Å². The first kappa shape index (κ1) is 18.1. The van der Waals surface area contributed by atoms with E-state index >= 15 is 0 Å². The molecule has 7 heteroatoms. The van der Waals surface area contributed by atoms with Crippen LogP contribution >= 0.6 is 15.9 Å². The number of ether oxygens (including phenoxy) is 2. The van der Waals surface area contributed by atoms with E-state index in [4.69, 9.17) is 9.47 Å². The van der Waals surface area contributed by atoms with Crippen LogP contribution in [0.4, 0.5) is 5.82 Å². The highest BCUT2D eigenvalue weighted by molar-refractivity contribution is 9.10. The zero-order valence-corrected chi connectivity index (χ0v) is 16.9. The maximum absolute atomic E-state index is 10.8. The van der Waals surface area contributed by atoms with Gasteiger partial charge in [-0.3, -0.25) is 4.68 Å². The fourth-order valence-electron chi connectivity index (χ4n) is 3.30. The molecule has 1 aromatic heterocycles. The largest absolute Gasteiger partial charge is 0.490 e. The molecule has 0 saturated carbocycles. The van der Waals surface area contributed by atoms with Crippen molar-refractivity contribution in [3.05, 3.63) is 46.4 Å². The van der Waals surface area contributed by atoms with Crippen LogP contribution < -0.4 is 14.4 Å². The van der Waals surface area contributed by atoms with E-state index in [1.807, 2.05) is 55.2 Å². The maximum atomic E-state index is 10.8. The number of aromatic nitrogens is 2. The van der Waals surface area contributed by atoms with E-state index in [1.165, 1.54) is 0 Å². The van der Waals surface area contributed by atoms with E-state index in [0.29, 0.717) is 19.6 Å². The summed E-state index contributed by atoms with van der Waals surface area (Å²) < 4.78 is 14.2. The summed E-state index contributed by atoms with van der Waals surface area (Å²) in [6.45, 7) is 1.31. The lowest BCUT2D eigenvalue weighted by atomic mass is 10.1. The van der Waals surface area contributed by atoms with Gasteiger partial charge in [0, 0.05) is 36.8 Å². The Morgan fingerprint density at radius 3 is 2.78 bits per heavy atom. The summed E-state index contributed by atoms with van der Waals surface area (Å²) >= 11 is 3.51. The average molecular weight is 432 g/mol. The Kier molecular flexibility index (Phi) is 4.97. The fraction of sp³-hybridized carbons (Fsp3) is 0.350. The number of aliphatic hydroxyl groups excluding tert-OH is 1. The van der Waals surface area contributed by atoms with Gasteiger partial charge in [0.1, 0.15) is 6.23 Å². The molecule has 2 heterocycles. The van der Waals surface area contributed by atoms with E-state index in [-0.39, 0.29) is 0 Å². The third-order valence-electron chi connectivity index (χ3n) is 4.80. The molecule has 3 aromatic rings. The molecule has 0 spiro atoms. The van der Waals surface area contributed by atoms with Crippen molar-refractivity contribution >= 4 is 32.7 Å². The normalized spacial score (nSPS) is 14.8. The first-order valence-electron chi connectivity index (χ1n) is 8.94. The van der Waals surface area contributed by atoms with Crippen molar-refractivity contribution in [1.82, 2.24) is 9.78 Å². The van der Waals surface area contributed by atoms with Crippen LogP contribution in [0.2, 0.25) is 0 Å². The number of anilines is 1. The molecule has 142 valence electrons. The van der Waals surface area contributed by atoms with Crippen molar-refractivity contribution in [2.75, 3.05) is 25.2 Å². The van der Waals surface area contributed by atoms with Crippen LogP contribution in [0, 0.1) is 0 Å². The smallest absolute Gasteiger partial charge is 0.161 e. The molecule has 1 atom stereocenters. The first-order chi connectivity index (χ1) is 13.0. The molecule has 2 aromatic carbocycles. The van der Waals surface area contributed by atoms with Crippen molar-refractivity contribution in [3.63, 3.8) is 0 Å². The van der Waals surface area contributed by atoms with Gasteiger partial charge in [0.25, 0.3) is 0 Å². The molecule has 1 aliphatic heterocycles. The molecule has 6 nitrogen and oxygen atoms in total. The standard InChI is InChI=1S/C20H22BrN3O3/c1-23(20-15-12-14(21)5-6-16(15)24(2)22-20)19(25)11-13-4-7-17-18(10-13)27-9-3-8-26-17/h4-7,10,12,19,25H,3,8-9,11H2,1-2H3. The van der Waals surface area contributed by atoms with E-state index < -0.39 is 6.23 Å². The predicted octanol–water partition coefficient (Wildman–Crippen LogP) is 3.49. The summed E-state index contributed by atoms with van der Waals surface area (Å²) in [7, 11) is 3.76. The highest BCUT2D eigenvalue weighted by Gasteiger charge is 2.20. The van der Waals surface area contributed by atoms with Crippen LogP contribution in [0.15, 0.2) is 40.9 Å². The van der Waals surface area contributed by atoms with E-state index in [0.717, 1.165) is 44.7 Å². The zero-order chi connectivity index (χ0) is 19.0. The minimum atomic E-state index is -0.716. The van der Waals surface area contributed by atoms with Crippen LogP contribution in [0.25, 0.3) is 10.9 Å². The number of likely N-dealkylation sites (N-methyl/N-ethyl adjacent to an activating group) is 1. The van der Waals surface area contributed by atoms with Gasteiger partial charge in [-0.1, -0.05) is 22.0 Å². The van der Waals surface area contributed by atoms with Gasteiger partial charge in [-0.25, -0.2) is 0 Å². The SMILES string of the molecule is CN(c1nn(C)c2ccc(Br)cc12)C(O)Cc1ccc2c(c1)OCCCO2. The molecule has 4 rings (SSSR count). The Morgan fingerprint density at radius 2 is 1.96 bits per heavy atom. The van der Waals surface area contributed by atoms with E-state index in [2.05, 4.69) is 21.0 Å². The van der Waals surface area contributed by atoms with Crippen LogP contribution in [-0.4, -0.2) is 41.4 Å². The zero-order valence-electron chi connectivity index (χ0n) is 15.4. The molecular formula is C20H22BrN3O3. The van der Waals surface area contributed by atoms with Gasteiger partial charge in [-0.15, -0.1) is 0 Å². The number of aliphatic hydroxyl groups is 1. The van der Waals surface area contributed by atoms with Gasteiger partial charge in [-0.05, 0) is 35.9 Å². The van der Waals surface area contributed by atoms with Gasteiger partial charge in [0.2, 0.25) is 0 Å². The quantitative estimate of drug-likeness (QED) is 0.640. The monoisotopic (exact) mass is 431 g/mol. The molecule has 1 unspecified atom stereocenters. The minimum Gasteiger partial charge on any atom is -0.490 e. The third kappa shape index (κ3) is 3.61. The molecule has 0 saturated heterocycles. The summed E-state index contributed by atoms with van der Waals surface area (Å²) in [4.78, 5) is 1.80. The molecule has 1 aliphatic rings. The number of nitrogens with zero attached hydrogens (tertiary/aromatic N) is 3. The Bertz CT molecular complexity index is 973. The Morgan fingerprint density at radius 1 is 1.19 bits per heavy atom. The van der Waals surface area contributed by atoms with Crippen molar-refractivity contribution in [3.8, 4) is 11.5 Å². The summed E-state index contributed by atoms with van der Waals surface area (Å²) in [6, 6.07) is 11.9. The van der Waals surface area contributed by atoms with Crippen molar-refractivity contribution in [2.45, 2.75) is 19.1 Å². The molecule has 0 fully saturated rings. The van der Waals surface area contributed by atoms with Gasteiger partial charge >= 0.3 is 0 Å². The van der Waals surface area contributed by atoms with Gasteiger partial charge < -0.3 is 19.5 Å². The summed E-state index contributed by atoms with van der Waals surface area (Å²) in [5.41, 5.74) is 2.00. The summed E-state index contributed by atoms with van der Waals surface area (Å²) in [6.07, 6.45) is 0.614. The van der Waals surface area contributed by atoms with Crippen molar-refractivity contribution < 1.29 is 14.6 Å². The number of fused-ring (bicyclic) bond motifs is 2. The van der Waals surface area contributed by atoms with Crippen LogP contribution in [0.3, 0.4) is 0 Å². The second kappa shape index (κ2) is 7.40. The highest BCUT2D eigenvalue weighted by Crippen LogP contribution is 2.32. The molecule has 0 aliphatic carbocycles. The number of rotatable bonds is 4. The first-order valence-corrected chi connectivity index (χ1v) is 9.74. The van der Waals surface area contributed by atoms with Crippen LogP contribution in [0.1, 0.15) is 12.0 Å². The molecule has 0 radical (unpaired) electrons. The molecule has 1 N–H and O–H groups in total. The second-order valence-corrected chi connectivity index (χ2v) is 7.65. The predicted molar refractivity (Wildman–Crippen MR) is 109 cm³/mol. The topological polar surface area (TPSA) is 59.8 Å². The van der Waals surface area contributed by atoms with Crippen LogP contribution in [-0.2, 0) is 13.5 Å². The van der Waals surface area contributed by atoms with E-state index in [9.17, 15) is 5.11 Å². The van der Waals surface area contributed by atoms with E-state index in [1.54, 1.807) is 4.90 Å². The van der Waals surface area contributed by atoms with Gasteiger partial charge in [0.05, 0.1) is 18.7 Å². The lowest BCUT2D eigenvalue weighted by Gasteiger charge is -2.24. The fourth-order valence-corrected chi connectivity index (χ4v) is 3.66. The number of halogens is 1. The van der Waals surface area contributed by atoms with Gasteiger partial charge in [0.15, 0.2) is 17.3 Å². The highest BCUT2D eigenvalue weighted by atomic mass is 79.9. The number of hydrogen-bond donors (Lipinski definition) is 1. The summed E-state index contributed by atoms with van der Waals surface area (Å²) in [5, 5.41) is 16.4. The Balaban J connectivity index is 1.57. The van der Waals surface area contributed by atoms with Crippen molar-refractivity contribution in [1.29, 1.82) is 0 Å². The molecule has 0 bridgehead atoms. The third-order valence-corrected chi connectivity index (χ3v) is 5.30. The lowest BCUT2D eigenvalue weighted by molar-refractivity contribution is 0.174. The molecular weight excluding hydrogens is 410 g/mol. The molecule has 27 heavy (non-hydrogen) atoms. The summed E-state index contributed by atoms with van der Waals surface area (Å²) in [5.74, 6) is 2.25. The number of aryl methyl sites for hydroxylation is 1. The van der Waals surface area contributed by atoms with Gasteiger partial charge in [-0.2, -0.15) is 5.10 Å². The number of hydrogen-bond acceptors (Lipinski definition) is 5.